The van der Waals surface area contributed by atoms with E-state index in [1.54, 1.807) is 31.2 Å². The second kappa shape index (κ2) is 8.75. The Labute approximate surface area is 157 Å². The number of nitrogens with one attached hydrogen (secondary N) is 1. The van der Waals surface area contributed by atoms with Gasteiger partial charge in [-0.15, -0.1) is 5.10 Å². The molecular formula is C19H26N4O4. The maximum Gasteiger partial charge on any atom is 0.326 e. The van der Waals surface area contributed by atoms with Gasteiger partial charge in [0.1, 0.15) is 17.6 Å². The molecule has 0 aliphatic rings. The van der Waals surface area contributed by atoms with E-state index in [9.17, 15) is 19.5 Å². The molecule has 1 aromatic carbocycles. The third-order valence-corrected chi connectivity index (χ3v) is 4.66. The zero-order valence-corrected chi connectivity index (χ0v) is 16.0. The molecule has 3 atom stereocenters. The second-order valence-corrected chi connectivity index (χ2v) is 7.21. The second-order valence-electron chi connectivity index (χ2n) is 7.21. The SMILES string of the molecule is CC[C@@H](C)[C@H](NC(=O)[C@@H](CC(C)C)n1nnc2ccccc2c1=O)C(=O)O. The van der Waals surface area contributed by atoms with Crippen LogP contribution in [0.15, 0.2) is 29.1 Å². The molecule has 146 valence electrons. The van der Waals surface area contributed by atoms with Crippen molar-refractivity contribution in [2.75, 3.05) is 0 Å². The van der Waals surface area contributed by atoms with Gasteiger partial charge in [0.15, 0.2) is 0 Å². The van der Waals surface area contributed by atoms with E-state index in [1.807, 2.05) is 20.8 Å². The highest BCUT2D eigenvalue weighted by atomic mass is 16.4. The fraction of sp³-hybridized carbons (Fsp3) is 0.526. The van der Waals surface area contributed by atoms with Crippen LogP contribution in [0.4, 0.5) is 0 Å². The zero-order valence-electron chi connectivity index (χ0n) is 16.0. The largest absolute Gasteiger partial charge is 0.480 e. The molecule has 0 saturated carbocycles. The van der Waals surface area contributed by atoms with E-state index in [4.69, 9.17) is 0 Å². The first kappa shape index (κ1) is 20.5. The van der Waals surface area contributed by atoms with Gasteiger partial charge in [0.25, 0.3) is 5.56 Å². The normalized spacial score (nSPS) is 14.7. The van der Waals surface area contributed by atoms with Crippen molar-refractivity contribution in [3.63, 3.8) is 0 Å². The molecule has 27 heavy (non-hydrogen) atoms. The average Bonchev–Trinajstić information content (AvgIpc) is 2.64. The Morgan fingerprint density at radius 3 is 2.48 bits per heavy atom. The van der Waals surface area contributed by atoms with Gasteiger partial charge in [0.05, 0.1) is 5.39 Å². The summed E-state index contributed by atoms with van der Waals surface area (Å²) in [7, 11) is 0. The van der Waals surface area contributed by atoms with Gasteiger partial charge in [-0.1, -0.05) is 51.5 Å². The standard InChI is InChI=1S/C19H26N4O4/c1-5-12(4)16(19(26)27)20-17(24)15(10-11(2)3)23-18(25)13-8-6-7-9-14(13)21-22-23/h6-9,11-12,15-16H,5,10H2,1-4H3,(H,20,24)(H,26,27)/t12-,15-,16+/m1/s1. The van der Waals surface area contributed by atoms with E-state index in [1.165, 1.54) is 0 Å². The third kappa shape index (κ3) is 4.69. The summed E-state index contributed by atoms with van der Waals surface area (Å²) in [4.78, 5) is 37.3. The van der Waals surface area contributed by atoms with Crippen LogP contribution in [0.5, 0.6) is 0 Å². The molecule has 0 bridgehead atoms. The summed E-state index contributed by atoms with van der Waals surface area (Å²) < 4.78 is 1.06. The van der Waals surface area contributed by atoms with Crippen LogP contribution in [0.25, 0.3) is 10.9 Å². The van der Waals surface area contributed by atoms with Crippen molar-refractivity contribution in [1.82, 2.24) is 20.3 Å². The van der Waals surface area contributed by atoms with Crippen LogP contribution in [-0.4, -0.2) is 38.0 Å². The highest BCUT2D eigenvalue weighted by molar-refractivity contribution is 5.86. The number of carbonyl (C=O) groups is 2. The number of hydrogen-bond donors (Lipinski definition) is 2. The quantitative estimate of drug-likeness (QED) is 0.730. The van der Waals surface area contributed by atoms with Crippen LogP contribution in [0, 0.1) is 11.8 Å². The number of amides is 1. The Bertz CT molecular complexity index is 877. The van der Waals surface area contributed by atoms with Gasteiger partial charge in [0, 0.05) is 0 Å². The minimum absolute atomic E-state index is 0.0906. The minimum atomic E-state index is -1.10. The Kier molecular flexibility index (Phi) is 6.65. The number of aliphatic carboxylic acids is 1. The number of fused-ring (bicyclic) bond motifs is 1. The van der Waals surface area contributed by atoms with E-state index in [0.717, 1.165) is 4.68 Å². The Morgan fingerprint density at radius 2 is 1.89 bits per heavy atom. The first-order valence-electron chi connectivity index (χ1n) is 9.13. The fourth-order valence-electron chi connectivity index (χ4n) is 2.90. The molecule has 1 amide bonds. The highest BCUT2D eigenvalue weighted by Crippen LogP contribution is 2.18. The van der Waals surface area contributed by atoms with Crippen molar-refractivity contribution in [1.29, 1.82) is 0 Å². The van der Waals surface area contributed by atoms with Gasteiger partial charge in [-0.2, -0.15) is 4.68 Å². The van der Waals surface area contributed by atoms with Crippen LogP contribution in [0.3, 0.4) is 0 Å². The van der Waals surface area contributed by atoms with E-state index >= 15 is 0 Å². The van der Waals surface area contributed by atoms with Crippen molar-refractivity contribution >= 4 is 22.8 Å². The number of benzene rings is 1. The van der Waals surface area contributed by atoms with Gasteiger partial charge in [-0.25, -0.2) is 4.79 Å². The predicted molar refractivity (Wildman–Crippen MR) is 101 cm³/mol. The van der Waals surface area contributed by atoms with Crippen LogP contribution in [0.2, 0.25) is 0 Å². The molecule has 1 heterocycles. The lowest BCUT2D eigenvalue weighted by Crippen LogP contribution is -2.49. The Morgan fingerprint density at radius 1 is 1.22 bits per heavy atom. The molecule has 8 nitrogen and oxygen atoms in total. The molecule has 0 saturated heterocycles. The van der Waals surface area contributed by atoms with Gasteiger partial charge < -0.3 is 10.4 Å². The maximum absolute atomic E-state index is 12.9. The summed E-state index contributed by atoms with van der Waals surface area (Å²) in [6.45, 7) is 7.46. The van der Waals surface area contributed by atoms with E-state index < -0.39 is 29.5 Å². The van der Waals surface area contributed by atoms with Crippen molar-refractivity contribution in [3.05, 3.63) is 34.6 Å². The summed E-state index contributed by atoms with van der Waals surface area (Å²) >= 11 is 0. The van der Waals surface area contributed by atoms with Crippen LogP contribution in [0.1, 0.15) is 46.6 Å². The predicted octanol–water partition coefficient (Wildman–Crippen LogP) is 1.99. The zero-order chi connectivity index (χ0) is 20.1. The van der Waals surface area contributed by atoms with Gasteiger partial charge in [0.2, 0.25) is 5.91 Å². The Hall–Kier alpha value is -2.77. The number of aromatic nitrogens is 3. The lowest BCUT2D eigenvalue weighted by molar-refractivity contribution is -0.144. The fourth-order valence-corrected chi connectivity index (χ4v) is 2.90. The molecular weight excluding hydrogens is 348 g/mol. The molecule has 1 aromatic heterocycles. The van der Waals surface area contributed by atoms with Crippen LogP contribution in [-0.2, 0) is 9.59 Å². The first-order chi connectivity index (χ1) is 12.8. The highest BCUT2D eigenvalue weighted by Gasteiger charge is 2.31. The molecule has 0 spiro atoms. The van der Waals surface area contributed by atoms with Gasteiger partial charge in [-0.05, 0) is 30.4 Å². The average molecular weight is 374 g/mol. The van der Waals surface area contributed by atoms with Crippen LogP contribution >= 0.6 is 0 Å². The molecule has 0 fully saturated rings. The molecule has 0 radical (unpaired) electrons. The van der Waals surface area contributed by atoms with Crippen LogP contribution < -0.4 is 10.9 Å². The number of carboxylic acid groups (broad SMARTS) is 1. The lowest BCUT2D eigenvalue weighted by Gasteiger charge is -2.25. The number of rotatable bonds is 8. The lowest BCUT2D eigenvalue weighted by atomic mass is 9.97. The summed E-state index contributed by atoms with van der Waals surface area (Å²) in [6.07, 6.45) is 0.938. The number of carboxylic acids is 1. The van der Waals surface area contributed by atoms with Gasteiger partial charge >= 0.3 is 5.97 Å². The topological polar surface area (TPSA) is 114 Å². The number of nitrogens with zero attached hydrogens (tertiary/aromatic N) is 3. The monoisotopic (exact) mass is 374 g/mol. The van der Waals surface area contributed by atoms with E-state index in [2.05, 4.69) is 15.6 Å². The molecule has 2 aromatic rings. The molecule has 8 heteroatoms. The Balaban J connectivity index is 2.43. The summed E-state index contributed by atoms with van der Waals surface area (Å²) in [5.41, 5.74) is 0.0299. The molecule has 0 aliphatic heterocycles. The maximum atomic E-state index is 12.9. The van der Waals surface area contributed by atoms with Crippen molar-refractivity contribution in [3.8, 4) is 0 Å². The van der Waals surface area contributed by atoms with Crippen molar-refractivity contribution in [2.45, 2.75) is 52.6 Å². The third-order valence-electron chi connectivity index (χ3n) is 4.66. The van der Waals surface area contributed by atoms with Gasteiger partial charge in [-0.3, -0.25) is 9.59 Å². The summed E-state index contributed by atoms with van der Waals surface area (Å²) in [5, 5.41) is 20.4. The molecule has 2 rings (SSSR count). The summed E-state index contributed by atoms with van der Waals surface area (Å²) in [5.74, 6) is -1.79. The van der Waals surface area contributed by atoms with E-state index in [-0.39, 0.29) is 11.8 Å². The first-order valence-corrected chi connectivity index (χ1v) is 9.13. The van der Waals surface area contributed by atoms with E-state index in [0.29, 0.717) is 23.7 Å². The molecule has 2 N–H and O–H groups in total. The molecule has 0 unspecified atom stereocenters. The molecule has 0 aliphatic carbocycles. The minimum Gasteiger partial charge on any atom is -0.480 e. The number of hydrogen-bond acceptors (Lipinski definition) is 5. The van der Waals surface area contributed by atoms with Crippen molar-refractivity contribution < 1.29 is 14.7 Å². The summed E-state index contributed by atoms with van der Waals surface area (Å²) in [6, 6.07) is 4.82. The number of carbonyl (C=O) groups excluding carboxylic acids is 1. The van der Waals surface area contributed by atoms with Crippen molar-refractivity contribution in [2.24, 2.45) is 11.8 Å². The smallest absolute Gasteiger partial charge is 0.326 e.